The Morgan fingerprint density at radius 3 is 2.62 bits per heavy atom. The molecular weight excluding hydrogens is 455 g/mol. The Bertz CT molecular complexity index is 1060. The number of pyridine rings is 1. The Balaban J connectivity index is 1.63. The lowest BCUT2D eigenvalue weighted by atomic mass is 10.1. The van der Waals surface area contributed by atoms with Crippen LogP contribution in [-0.4, -0.2) is 53.7 Å². The summed E-state index contributed by atoms with van der Waals surface area (Å²) in [6.45, 7) is 1.21. The number of hydrogen-bond donors (Lipinski definition) is 1. The van der Waals surface area contributed by atoms with Crippen molar-refractivity contribution in [2.75, 3.05) is 26.8 Å². The number of aromatic nitrogens is 2. The van der Waals surface area contributed by atoms with E-state index in [1.807, 2.05) is 12.1 Å². The number of ether oxygens (including phenoxy) is 1. The molecule has 0 fully saturated rings. The number of methoxy groups -OCH3 is 1. The number of nitrogens with zero attached hydrogens (tertiary/aromatic N) is 3. The molecule has 0 bridgehead atoms. The maximum absolute atomic E-state index is 13.0. The Labute approximate surface area is 195 Å². The van der Waals surface area contributed by atoms with Gasteiger partial charge in [-0.05, 0) is 35.9 Å². The minimum atomic E-state index is -0.371. The largest absolute Gasteiger partial charge is 0.383 e. The van der Waals surface area contributed by atoms with E-state index in [4.69, 9.17) is 32.5 Å². The number of halogens is 2. The number of benzene rings is 1. The summed E-state index contributed by atoms with van der Waals surface area (Å²) in [4.78, 5) is 30.7. The Morgan fingerprint density at radius 2 is 1.91 bits per heavy atom. The summed E-state index contributed by atoms with van der Waals surface area (Å²) >= 11 is 12.1. The van der Waals surface area contributed by atoms with Crippen LogP contribution < -0.4 is 5.32 Å². The maximum atomic E-state index is 13.0. The fourth-order valence-corrected chi connectivity index (χ4v) is 3.40. The Hall–Kier alpha value is -2.94. The molecule has 2 amide bonds. The predicted molar refractivity (Wildman–Crippen MR) is 120 cm³/mol. The molecule has 0 aliphatic rings. The van der Waals surface area contributed by atoms with Crippen molar-refractivity contribution in [1.82, 2.24) is 20.4 Å². The van der Waals surface area contributed by atoms with Gasteiger partial charge in [-0.2, -0.15) is 0 Å². The van der Waals surface area contributed by atoms with E-state index in [1.165, 1.54) is 11.0 Å². The van der Waals surface area contributed by atoms with Gasteiger partial charge in [0.25, 0.3) is 5.91 Å². The molecule has 3 rings (SSSR count). The molecule has 32 heavy (non-hydrogen) atoms. The molecule has 2 heterocycles. The summed E-state index contributed by atoms with van der Waals surface area (Å²) in [5.41, 5.74) is 1.62. The van der Waals surface area contributed by atoms with E-state index in [1.54, 1.807) is 37.7 Å². The van der Waals surface area contributed by atoms with Gasteiger partial charge in [0, 0.05) is 62.2 Å². The summed E-state index contributed by atoms with van der Waals surface area (Å²) in [6, 6.07) is 10.1. The van der Waals surface area contributed by atoms with Crippen LogP contribution in [-0.2, 0) is 16.1 Å². The Kier molecular flexibility index (Phi) is 8.61. The first-order chi connectivity index (χ1) is 15.5. The zero-order valence-corrected chi connectivity index (χ0v) is 18.9. The van der Waals surface area contributed by atoms with Crippen LogP contribution in [0.5, 0.6) is 0 Å². The van der Waals surface area contributed by atoms with Crippen LogP contribution in [0, 0.1) is 0 Å². The van der Waals surface area contributed by atoms with Crippen LogP contribution in [0.2, 0.25) is 10.0 Å². The van der Waals surface area contributed by atoms with Crippen molar-refractivity contribution in [2.45, 2.75) is 13.0 Å². The highest BCUT2D eigenvalue weighted by Crippen LogP contribution is 2.30. The fraction of sp³-hybridized carbons (Fsp3) is 0.273. The van der Waals surface area contributed by atoms with Crippen molar-refractivity contribution in [3.05, 3.63) is 70.1 Å². The van der Waals surface area contributed by atoms with Gasteiger partial charge in [0.05, 0.1) is 11.6 Å². The highest BCUT2D eigenvalue weighted by atomic mass is 35.5. The first kappa shape index (κ1) is 23.7. The average Bonchev–Trinajstić information content (AvgIpc) is 3.28. The third kappa shape index (κ3) is 6.53. The summed E-state index contributed by atoms with van der Waals surface area (Å²) in [7, 11) is 1.54. The van der Waals surface area contributed by atoms with Crippen molar-refractivity contribution >= 4 is 35.0 Å². The molecule has 8 nitrogen and oxygen atoms in total. The highest BCUT2D eigenvalue weighted by molar-refractivity contribution is 6.36. The number of carbonyl (C=O) groups is 2. The second-order valence-electron chi connectivity index (χ2n) is 6.87. The normalized spacial score (nSPS) is 10.7. The highest BCUT2D eigenvalue weighted by Gasteiger charge is 2.22. The number of nitrogens with one attached hydrogen (secondary N) is 1. The molecule has 0 aliphatic carbocycles. The molecule has 0 aliphatic heterocycles. The van der Waals surface area contributed by atoms with Crippen molar-refractivity contribution in [2.24, 2.45) is 0 Å². The molecular formula is C22H22Cl2N4O4. The van der Waals surface area contributed by atoms with Gasteiger partial charge in [0.15, 0.2) is 11.5 Å². The number of carbonyl (C=O) groups excluding carboxylic acids is 2. The van der Waals surface area contributed by atoms with E-state index in [0.29, 0.717) is 41.1 Å². The van der Waals surface area contributed by atoms with Crippen molar-refractivity contribution in [3.8, 4) is 11.3 Å². The average molecular weight is 477 g/mol. The van der Waals surface area contributed by atoms with Crippen molar-refractivity contribution in [3.63, 3.8) is 0 Å². The molecule has 0 saturated carbocycles. The molecule has 0 unspecified atom stereocenters. The minimum absolute atomic E-state index is 0.110. The van der Waals surface area contributed by atoms with Gasteiger partial charge in [-0.15, -0.1) is 0 Å². The summed E-state index contributed by atoms with van der Waals surface area (Å²) < 4.78 is 10.4. The predicted octanol–water partition coefficient (Wildman–Crippen LogP) is 3.84. The molecule has 3 aromatic rings. The summed E-state index contributed by atoms with van der Waals surface area (Å²) in [5.74, 6) is -0.202. The first-order valence-corrected chi connectivity index (χ1v) is 10.6. The van der Waals surface area contributed by atoms with Gasteiger partial charge in [-0.25, -0.2) is 0 Å². The quantitative estimate of drug-likeness (QED) is 0.477. The lowest BCUT2D eigenvalue weighted by Gasteiger charge is -2.21. The molecule has 10 heteroatoms. The summed E-state index contributed by atoms with van der Waals surface area (Å²) in [6.07, 6.45) is 3.46. The third-order valence-electron chi connectivity index (χ3n) is 4.63. The SMILES string of the molecule is COCCN(CCC(=O)NCc1ccncc1)C(=O)c1cc(-c2ccc(Cl)cc2Cl)on1. The first-order valence-electron chi connectivity index (χ1n) is 9.84. The summed E-state index contributed by atoms with van der Waals surface area (Å²) in [5, 5.41) is 7.59. The van der Waals surface area contributed by atoms with Gasteiger partial charge in [0.2, 0.25) is 5.91 Å². The van der Waals surface area contributed by atoms with E-state index in [9.17, 15) is 9.59 Å². The molecule has 0 atom stereocenters. The van der Waals surface area contributed by atoms with Gasteiger partial charge < -0.3 is 19.5 Å². The molecule has 0 spiro atoms. The van der Waals surface area contributed by atoms with Gasteiger partial charge >= 0.3 is 0 Å². The third-order valence-corrected chi connectivity index (χ3v) is 5.17. The van der Waals surface area contributed by atoms with Crippen molar-refractivity contribution < 1.29 is 18.8 Å². The molecule has 168 valence electrons. The lowest BCUT2D eigenvalue weighted by Crippen LogP contribution is -2.37. The topological polar surface area (TPSA) is 97.6 Å². The van der Waals surface area contributed by atoms with E-state index in [0.717, 1.165) is 5.56 Å². The maximum Gasteiger partial charge on any atom is 0.276 e. The van der Waals surface area contributed by atoms with Crippen LogP contribution in [0.1, 0.15) is 22.5 Å². The molecule has 0 saturated heterocycles. The van der Waals surface area contributed by atoms with Gasteiger partial charge in [0.1, 0.15) is 0 Å². The van der Waals surface area contributed by atoms with E-state index >= 15 is 0 Å². The van der Waals surface area contributed by atoms with Gasteiger partial charge in [-0.1, -0.05) is 28.4 Å². The smallest absolute Gasteiger partial charge is 0.276 e. The minimum Gasteiger partial charge on any atom is -0.383 e. The number of hydrogen-bond acceptors (Lipinski definition) is 6. The monoisotopic (exact) mass is 476 g/mol. The van der Waals surface area contributed by atoms with Crippen LogP contribution in [0.4, 0.5) is 0 Å². The van der Waals surface area contributed by atoms with Crippen LogP contribution in [0.3, 0.4) is 0 Å². The number of rotatable bonds is 10. The molecule has 1 aromatic carbocycles. The van der Waals surface area contributed by atoms with E-state index < -0.39 is 0 Å². The molecule has 2 aromatic heterocycles. The van der Waals surface area contributed by atoms with E-state index in [-0.39, 0.29) is 30.5 Å². The second-order valence-corrected chi connectivity index (χ2v) is 7.71. The van der Waals surface area contributed by atoms with Crippen LogP contribution in [0.25, 0.3) is 11.3 Å². The van der Waals surface area contributed by atoms with Gasteiger partial charge in [-0.3, -0.25) is 14.6 Å². The zero-order chi connectivity index (χ0) is 22.9. The van der Waals surface area contributed by atoms with Crippen molar-refractivity contribution in [1.29, 1.82) is 0 Å². The fourth-order valence-electron chi connectivity index (χ4n) is 2.90. The van der Waals surface area contributed by atoms with Crippen LogP contribution in [0.15, 0.2) is 53.3 Å². The number of amides is 2. The molecule has 1 N–H and O–H groups in total. The van der Waals surface area contributed by atoms with Crippen LogP contribution >= 0.6 is 23.2 Å². The van der Waals surface area contributed by atoms with E-state index in [2.05, 4.69) is 15.5 Å². The molecule has 0 radical (unpaired) electrons. The zero-order valence-electron chi connectivity index (χ0n) is 17.4. The Morgan fingerprint density at radius 1 is 1.12 bits per heavy atom. The standard InChI is InChI=1S/C22H22Cl2N4O4/c1-31-11-10-28(9-6-21(29)26-14-15-4-7-25-8-5-15)22(30)19-13-20(32-27-19)17-3-2-16(23)12-18(17)24/h2-5,7-8,12-13H,6,9-11,14H2,1H3,(H,26,29). The second kappa shape index (κ2) is 11.6. The lowest BCUT2D eigenvalue weighted by molar-refractivity contribution is -0.121.